The van der Waals surface area contributed by atoms with E-state index in [0.29, 0.717) is 36.9 Å². The molecule has 0 radical (unpaired) electrons. The first kappa shape index (κ1) is 24.9. The molecular weight excluding hydrogens is 418 g/mol. The fraction of sp³-hybridized carbons (Fsp3) is 0.632. The Morgan fingerprint density at radius 1 is 1.34 bits per heavy atom. The van der Waals surface area contributed by atoms with Gasteiger partial charge in [-0.1, -0.05) is 19.8 Å². The van der Waals surface area contributed by atoms with Crippen LogP contribution >= 0.6 is 0 Å². The number of carbonyl (C=O) groups is 2. The second-order valence-electron chi connectivity index (χ2n) is 7.59. The number of hydrogen-bond acceptors (Lipinski definition) is 9. The van der Waals surface area contributed by atoms with E-state index >= 15 is 0 Å². The zero-order valence-corrected chi connectivity index (χ0v) is 18.8. The predicted molar refractivity (Wildman–Crippen MR) is 121 cm³/mol. The summed E-state index contributed by atoms with van der Waals surface area (Å²) in [7, 11) is 3.59. The third kappa shape index (κ3) is 6.57. The second-order valence-corrected chi connectivity index (χ2v) is 7.59. The summed E-state index contributed by atoms with van der Waals surface area (Å²) in [5.74, 6) is -0.305. The molecule has 0 bridgehead atoms. The molecular formula is C19H33N9O4. The highest BCUT2D eigenvalue weighted by Crippen LogP contribution is 2.39. The molecule has 0 unspecified atom stereocenters. The first-order valence-electron chi connectivity index (χ1n) is 10.6. The van der Waals surface area contributed by atoms with E-state index < -0.39 is 18.1 Å². The van der Waals surface area contributed by atoms with Crippen LogP contribution in [0.2, 0.25) is 0 Å². The summed E-state index contributed by atoms with van der Waals surface area (Å²) < 4.78 is 5.42. The Morgan fingerprint density at radius 2 is 2.09 bits per heavy atom. The highest BCUT2D eigenvalue weighted by Gasteiger charge is 2.38. The van der Waals surface area contributed by atoms with Crippen molar-refractivity contribution in [2.24, 2.45) is 5.73 Å². The maximum absolute atomic E-state index is 12.8. The lowest BCUT2D eigenvalue weighted by atomic mass is 10.1. The number of amides is 1. The number of ether oxygens (including phenoxy) is 1. The maximum Gasteiger partial charge on any atom is 0.416 e. The summed E-state index contributed by atoms with van der Waals surface area (Å²) in [6, 6.07) is -0.935. The Kier molecular flexibility index (Phi) is 9.25. The van der Waals surface area contributed by atoms with Crippen molar-refractivity contribution in [1.29, 1.82) is 5.41 Å². The highest BCUT2D eigenvalue weighted by atomic mass is 16.6. The van der Waals surface area contributed by atoms with Crippen LogP contribution in [0.25, 0.3) is 0 Å². The van der Waals surface area contributed by atoms with Gasteiger partial charge in [0.25, 0.3) is 0 Å². The van der Waals surface area contributed by atoms with Crippen LogP contribution in [0.1, 0.15) is 39.0 Å². The van der Waals surface area contributed by atoms with Crippen molar-refractivity contribution in [1.82, 2.24) is 20.7 Å². The number of aromatic nitrogens is 2. The Morgan fingerprint density at radius 3 is 2.72 bits per heavy atom. The molecule has 0 aliphatic carbocycles. The number of carboxylic acids is 1. The Labute approximate surface area is 187 Å². The summed E-state index contributed by atoms with van der Waals surface area (Å²) in [6.07, 6.45) is 4.32. The number of rotatable bonds is 12. The van der Waals surface area contributed by atoms with Crippen LogP contribution in [0, 0.1) is 5.41 Å². The number of hydrazine groups is 1. The largest absolute Gasteiger partial charge is 0.480 e. The highest BCUT2D eigenvalue weighted by molar-refractivity contribution is 5.99. The minimum atomic E-state index is -1.04. The van der Waals surface area contributed by atoms with Gasteiger partial charge in [0.1, 0.15) is 24.7 Å². The predicted octanol–water partition coefficient (Wildman–Crippen LogP) is 0.674. The van der Waals surface area contributed by atoms with E-state index in [1.165, 1.54) is 16.2 Å². The van der Waals surface area contributed by atoms with Crippen molar-refractivity contribution in [3.05, 3.63) is 6.33 Å². The van der Waals surface area contributed by atoms with E-state index in [1.807, 2.05) is 0 Å². The topological polar surface area (TPSA) is 173 Å². The monoisotopic (exact) mass is 451 g/mol. The molecule has 2 heterocycles. The van der Waals surface area contributed by atoms with E-state index in [1.54, 1.807) is 19.0 Å². The van der Waals surface area contributed by atoms with E-state index in [2.05, 4.69) is 27.6 Å². The molecule has 2 rings (SSSR count). The van der Waals surface area contributed by atoms with Gasteiger partial charge in [0.15, 0.2) is 17.6 Å². The molecule has 6 N–H and O–H groups in total. The number of unbranched alkanes of at least 4 members (excludes halogenated alkanes) is 2. The molecule has 1 atom stereocenters. The molecule has 13 nitrogen and oxygen atoms in total. The van der Waals surface area contributed by atoms with Gasteiger partial charge in [-0.25, -0.2) is 20.2 Å². The standard InChI is InChI=1S/C19H33N9O4/c1-4-5-6-10-32-19(31)27-12-28(16-14(27)15(26(2)3)23-11-24-16)25-13(17(29)30)8-7-9-22-18(20)21/h11,13,25H,4-10,12H2,1-3H3,(H,29,30)(H4,20,21,22)/t13-/m0/s1. The van der Waals surface area contributed by atoms with Gasteiger partial charge in [-0.3, -0.25) is 20.1 Å². The normalized spacial score (nSPS) is 13.5. The van der Waals surface area contributed by atoms with Crippen molar-refractivity contribution in [3.8, 4) is 0 Å². The summed E-state index contributed by atoms with van der Waals surface area (Å²) in [5, 5.41) is 21.0. The van der Waals surface area contributed by atoms with Crippen molar-refractivity contribution < 1.29 is 19.4 Å². The van der Waals surface area contributed by atoms with E-state index in [-0.39, 0.29) is 19.0 Å². The number of guanidine groups is 1. The van der Waals surface area contributed by atoms with Crippen molar-refractivity contribution >= 4 is 35.3 Å². The number of nitrogens with zero attached hydrogens (tertiary/aromatic N) is 5. The first-order chi connectivity index (χ1) is 15.3. The minimum absolute atomic E-state index is 0.0248. The van der Waals surface area contributed by atoms with Gasteiger partial charge in [-0.2, -0.15) is 0 Å². The molecule has 13 heteroatoms. The van der Waals surface area contributed by atoms with Crippen LogP contribution in [0.3, 0.4) is 0 Å². The van der Waals surface area contributed by atoms with Crippen LogP contribution in [0.5, 0.6) is 0 Å². The number of hydrogen-bond donors (Lipinski definition) is 5. The number of fused-ring (bicyclic) bond motifs is 1. The lowest BCUT2D eigenvalue weighted by Crippen LogP contribution is -2.51. The van der Waals surface area contributed by atoms with Gasteiger partial charge in [0.2, 0.25) is 0 Å². The SMILES string of the molecule is CCCCCOC(=O)N1CN(N[C@@H](CCCNC(=N)N)C(=O)O)c2ncnc(N(C)C)c21. The molecule has 1 aliphatic rings. The van der Waals surface area contributed by atoms with Crippen LogP contribution in [0.15, 0.2) is 6.33 Å². The van der Waals surface area contributed by atoms with Gasteiger partial charge in [0, 0.05) is 20.6 Å². The molecule has 0 saturated heterocycles. The fourth-order valence-corrected chi connectivity index (χ4v) is 3.21. The van der Waals surface area contributed by atoms with Crippen LogP contribution in [-0.4, -0.2) is 73.1 Å². The van der Waals surface area contributed by atoms with Gasteiger partial charge in [0.05, 0.1) is 6.61 Å². The number of carbonyl (C=O) groups excluding carboxylic acids is 1. The lowest BCUT2D eigenvalue weighted by molar-refractivity contribution is -0.139. The Balaban J connectivity index is 2.18. The second kappa shape index (κ2) is 11.9. The van der Waals surface area contributed by atoms with Crippen molar-refractivity contribution in [2.75, 3.05) is 48.7 Å². The average Bonchev–Trinajstić information content (AvgIpc) is 3.11. The molecule has 1 aliphatic heterocycles. The molecule has 0 spiro atoms. The van der Waals surface area contributed by atoms with Crippen LogP contribution < -0.4 is 31.3 Å². The van der Waals surface area contributed by atoms with Gasteiger partial charge in [-0.15, -0.1) is 0 Å². The van der Waals surface area contributed by atoms with Crippen molar-refractivity contribution in [3.63, 3.8) is 0 Å². The zero-order chi connectivity index (χ0) is 23.7. The molecule has 1 aromatic heterocycles. The smallest absolute Gasteiger partial charge is 0.416 e. The summed E-state index contributed by atoms with van der Waals surface area (Å²) >= 11 is 0. The van der Waals surface area contributed by atoms with Crippen LogP contribution in [-0.2, 0) is 9.53 Å². The Bertz CT molecular complexity index is 805. The zero-order valence-electron chi connectivity index (χ0n) is 18.8. The fourth-order valence-electron chi connectivity index (χ4n) is 3.21. The third-order valence-corrected chi connectivity index (χ3v) is 4.80. The lowest BCUT2D eigenvalue weighted by Gasteiger charge is -2.24. The van der Waals surface area contributed by atoms with Gasteiger partial charge >= 0.3 is 12.1 Å². The molecule has 1 amide bonds. The molecule has 0 aromatic carbocycles. The molecule has 0 fully saturated rings. The third-order valence-electron chi connectivity index (χ3n) is 4.80. The van der Waals surface area contributed by atoms with E-state index in [9.17, 15) is 14.7 Å². The number of aliphatic carboxylic acids is 1. The molecule has 178 valence electrons. The average molecular weight is 452 g/mol. The number of nitrogens with one attached hydrogen (secondary N) is 3. The first-order valence-corrected chi connectivity index (χ1v) is 10.6. The number of nitrogens with two attached hydrogens (primary N) is 1. The number of anilines is 3. The Hall–Kier alpha value is -3.35. The summed E-state index contributed by atoms with van der Waals surface area (Å²) in [6.45, 7) is 2.77. The summed E-state index contributed by atoms with van der Waals surface area (Å²) in [4.78, 5) is 36.3. The molecule has 1 aromatic rings. The van der Waals surface area contributed by atoms with Gasteiger partial charge in [-0.05, 0) is 19.3 Å². The van der Waals surface area contributed by atoms with E-state index in [4.69, 9.17) is 15.9 Å². The quantitative estimate of drug-likeness (QED) is 0.172. The molecule has 32 heavy (non-hydrogen) atoms. The van der Waals surface area contributed by atoms with Crippen molar-refractivity contribution in [2.45, 2.75) is 45.1 Å². The van der Waals surface area contributed by atoms with Gasteiger partial charge < -0.3 is 25.8 Å². The summed E-state index contributed by atoms with van der Waals surface area (Å²) in [5.41, 5.74) is 8.65. The van der Waals surface area contributed by atoms with Crippen LogP contribution in [0.4, 0.5) is 22.1 Å². The maximum atomic E-state index is 12.8. The van der Waals surface area contributed by atoms with E-state index in [0.717, 1.165) is 19.3 Å². The minimum Gasteiger partial charge on any atom is -0.480 e. The molecule has 0 saturated carbocycles. The number of carboxylic acid groups (broad SMARTS) is 1.